The van der Waals surface area contributed by atoms with Gasteiger partial charge in [0.25, 0.3) is 0 Å². The summed E-state index contributed by atoms with van der Waals surface area (Å²) in [6.07, 6.45) is 0. The fraction of sp³-hybridized carbons (Fsp3) is 0.222. The smallest absolute Gasteiger partial charge is 0.504 e. The first-order valence-corrected chi connectivity index (χ1v) is 4.28. The number of benzene rings is 1. The number of ether oxygens (including phenoxy) is 1. The molecule has 1 aromatic rings. The third kappa shape index (κ3) is 2.78. The molecule has 0 amide bonds. The molecule has 5 heteroatoms. The molecule has 14 heavy (non-hydrogen) atoms. The average molecular weight is 194 g/mol. The van der Waals surface area contributed by atoms with E-state index in [4.69, 9.17) is 14.4 Å². The first-order chi connectivity index (χ1) is 6.77. The van der Waals surface area contributed by atoms with Crippen LogP contribution in [0.1, 0.15) is 17.3 Å². The number of carbonyl (C=O) groups is 1. The Morgan fingerprint density at radius 3 is 2.57 bits per heavy atom. The number of carbonyl (C=O) groups excluding carboxylic acids is 1. The van der Waals surface area contributed by atoms with Crippen molar-refractivity contribution in [3.63, 3.8) is 0 Å². The monoisotopic (exact) mass is 194 g/mol. The summed E-state index contributed by atoms with van der Waals surface area (Å²) >= 11 is 0. The molecular weight excluding hydrogens is 183 g/mol. The third-order valence-corrected chi connectivity index (χ3v) is 1.60. The van der Waals surface area contributed by atoms with Crippen LogP contribution >= 0.6 is 0 Å². The van der Waals surface area contributed by atoms with E-state index in [2.05, 4.69) is 0 Å². The van der Waals surface area contributed by atoms with E-state index in [9.17, 15) is 4.79 Å². The molecule has 0 aliphatic carbocycles. The van der Waals surface area contributed by atoms with Crippen molar-refractivity contribution in [3.05, 3.63) is 29.8 Å². The molecule has 4 nitrogen and oxygen atoms in total. The van der Waals surface area contributed by atoms with Gasteiger partial charge in [-0.1, -0.05) is 0 Å². The minimum atomic E-state index is -0.376. The summed E-state index contributed by atoms with van der Waals surface area (Å²) in [4.78, 5) is 11.2. The minimum absolute atomic E-state index is 0.355. The Morgan fingerprint density at radius 1 is 1.43 bits per heavy atom. The Kier molecular flexibility index (Phi) is 4.00. The van der Waals surface area contributed by atoms with Gasteiger partial charge in [0.05, 0.1) is 12.2 Å². The highest BCUT2D eigenvalue weighted by molar-refractivity contribution is 6.17. The number of esters is 1. The lowest BCUT2D eigenvalue weighted by Gasteiger charge is -2.03. The molecule has 0 saturated carbocycles. The van der Waals surface area contributed by atoms with Crippen LogP contribution in [0.2, 0.25) is 0 Å². The molecule has 1 N–H and O–H groups in total. The fourth-order valence-electron chi connectivity index (χ4n) is 0.976. The number of hydrogen-bond acceptors (Lipinski definition) is 4. The van der Waals surface area contributed by atoms with Crippen LogP contribution in [-0.4, -0.2) is 25.3 Å². The summed E-state index contributed by atoms with van der Waals surface area (Å²) in [5.41, 5.74) is 0.470. The van der Waals surface area contributed by atoms with E-state index in [0.717, 1.165) is 0 Å². The van der Waals surface area contributed by atoms with Crippen LogP contribution < -0.4 is 4.65 Å². The predicted octanol–water partition coefficient (Wildman–Crippen LogP) is 0.501. The quantitative estimate of drug-likeness (QED) is 0.560. The molecule has 74 valence electrons. The average Bonchev–Trinajstić information content (AvgIpc) is 2.20. The van der Waals surface area contributed by atoms with Crippen molar-refractivity contribution in [2.24, 2.45) is 0 Å². The van der Waals surface area contributed by atoms with E-state index in [-0.39, 0.29) is 13.7 Å². The molecule has 0 radical (unpaired) electrons. The third-order valence-electron chi connectivity index (χ3n) is 1.60. The molecule has 0 bridgehead atoms. The van der Waals surface area contributed by atoms with Gasteiger partial charge in [-0.15, -0.1) is 0 Å². The molecule has 0 saturated heterocycles. The number of hydrogen-bond donors (Lipinski definition) is 1. The maximum Gasteiger partial charge on any atom is 0.504 e. The van der Waals surface area contributed by atoms with Crippen LogP contribution in [0.5, 0.6) is 5.75 Å². The summed E-state index contributed by atoms with van der Waals surface area (Å²) in [6, 6.07) is 6.37. The molecular formula is C9H11BO4. The molecule has 0 spiro atoms. The van der Waals surface area contributed by atoms with Gasteiger partial charge < -0.3 is 14.4 Å². The van der Waals surface area contributed by atoms with E-state index in [1.165, 1.54) is 0 Å². The van der Waals surface area contributed by atoms with Gasteiger partial charge in [0, 0.05) is 0 Å². The lowest BCUT2D eigenvalue weighted by molar-refractivity contribution is 0.0526. The van der Waals surface area contributed by atoms with Gasteiger partial charge in [-0.3, -0.25) is 0 Å². The molecule has 0 unspecified atom stereocenters. The van der Waals surface area contributed by atoms with E-state index < -0.39 is 0 Å². The minimum Gasteiger partial charge on any atom is -0.539 e. The van der Waals surface area contributed by atoms with E-state index in [1.54, 1.807) is 31.2 Å². The van der Waals surface area contributed by atoms with Gasteiger partial charge in [0.2, 0.25) is 0 Å². The molecule has 0 aliphatic heterocycles. The first-order valence-electron chi connectivity index (χ1n) is 4.28. The van der Waals surface area contributed by atoms with E-state index in [0.29, 0.717) is 17.9 Å². The second-order valence-electron chi connectivity index (χ2n) is 2.52. The summed E-state index contributed by atoms with van der Waals surface area (Å²) in [5.74, 6) is 0.156. The Hall–Kier alpha value is -1.49. The lowest BCUT2D eigenvalue weighted by Crippen LogP contribution is -2.05. The second kappa shape index (κ2) is 5.29. The van der Waals surface area contributed by atoms with Crippen LogP contribution in [-0.2, 0) is 4.74 Å². The van der Waals surface area contributed by atoms with Crippen LogP contribution in [0, 0.1) is 0 Å². The maximum atomic E-state index is 11.2. The van der Waals surface area contributed by atoms with Crippen LogP contribution in [0.3, 0.4) is 0 Å². The largest absolute Gasteiger partial charge is 0.539 e. The normalized spacial score (nSPS) is 9.29. The SMILES string of the molecule is CCOC(=O)c1ccc(OBO)cc1. The predicted molar refractivity (Wildman–Crippen MR) is 52.4 cm³/mol. The topological polar surface area (TPSA) is 55.8 Å². The maximum absolute atomic E-state index is 11.2. The van der Waals surface area contributed by atoms with Gasteiger partial charge in [-0.25, -0.2) is 4.79 Å². The zero-order valence-electron chi connectivity index (χ0n) is 7.90. The van der Waals surface area contributed by atoms with Gasteiger partial charge in [-0.2, -0.15) is 0 Å². The lowest BCUT2D eigenvalue weighted by atomic mass is 10.2. The summed E-state index contributed by atoms with van der Waals surface area (Å²) in [7, 11) is -0.376. The number of rotatable bonds is 4. The highest BCUT2D eigenvalue weighted by atomic mass is 16.5. The Balaban J connectivity index is 2.67. The second-order valence-corrected chi connectivity index (χ2v) is 2.52. The molecule has 0 atom stereocenters. The van der Waals surface area contributed by atoms with Gasteiger partial charge in [0.15, 0.2) is 0 Å². The van der Waals surface area contributed by atoms with Crippen molar-refractivity contribution >= 4 is 13.7 Å². The zero-order chi connectivity index (χ0) is 10.4. The summed E-state index contributed by atoms with van der Waals surface area (Å²) in [6.45, 7) is 2.11. The Labute approximate surface area is 82.8 Å². The van der Waals surface area contributed by atoms with Crippen molar-refractivity contribution in [1.29, 1.82) is 0 Å². The Morgan fingerprint density at radius 2 is 2.07 bits per heavy atom. The van der Waals surface area contributed by atoms with Gasteiger partial charge in [0.1, 0.15) is 5.75 Å². The molecule has 0 fully saturated rings. The van der Waals surface area contributed by atoms with Crippen molar-refractivity contribution in [2.75, 3.05) is 6.61 Å². The van der Waals surface area contributed by atoms with Gasteiger partial charge in [-0.05, 0) is 31.2 Å². The van der Waals surface area contributed by atoms with Crippen molar-refractivity contribution in [2.45, 2.75) is 6.92 Å². The molecule has 0 heterocycles. The van der Waals surface area contributed by atoms with Crippen LogP contribution in [0.25, 0.3) is 0 Å². The van der Waals surface area contributed by atoms with Crippen molar-refractivity contribution < 1.29 is 19.2 Å². The van der Waals surface area contributed by atoms with Crippen LogP contribution in [0.15, 0.2) is 24.3 Å². The van der Waals surface area contributed by atoms with Crippen LogP contribution in [0.4, 0.5) is 0 Å². The molecule has 1 rings (SSSR count). The fourth-order valence-corrected chi connectivity index (χ4v) is 0.976. The van der Waals surface area contributed by atoms with Crippen molar-refractivity contribution in [1.82, 2.24) is 0 Å². The molecule has 1 aromatic carbocycles. The summed E-state index contributed by atoms with van der Waals surface area (Å²) in [5, 5.41) is 8.47. The van der Waals surface area contributed by atoms with E-state index in [1.807, 2.05) is 0 Å². The summed E-state index contributed by atoms with van der Waals surface area (Å²) < 4.78 is 9.60. The standard InChI is InChI=1S/C9H11BO4/c1-2-13-9(11)7-3-5-8(6-4-7)14-10-12/h3-6,10,12H,2H2,1H3. The van der Waals surface area contributed by atoms with Crippen molar-refractivity contribution in [3.8, 4) is 5.75 Å². The highest BCUT2D eigenvalue weighted by Crippen LogP contribution is 2.12. The Bertz CT molecular complexity index is 296. The molecule has 0 aliphatic rings. The molecule has 0 aromatic heterocycles. The van der Waals surface area contributed by atoms with E-state index >= 15 is 0 Å². The van der Waals surface area contributed by atoms with Gasteiger partial charge >= 0.3 is 13.7 Å². The zero-order valence-corrected chi connectivity index (χ0v) is 7.90. The first kappa shape index (κ1) is 10.6. The highest BCUT2D eigenvalue weighted by Gasteiger charge is 2.05.